The average molecular weight is 763 g/mol. The normalized spacial score (nSPS) is 12.2. The number of ether oxygens (including phenoxy) is 3. The second kappa shape index (κ2) is 41.8. The fourth-order valence-corrected chi connectivity index (χ4v) is 6.36. The van der Waals surface area contributed by atoms with Gasteiger partial charge in [-0.15, -0.1) is 0 Å². The first-order chi connectivity index (χ1) is 26.5. The molecule has 0 aromatic heterocycles. The van der Waals surface area contributed by atoms with Crippen molar-refractivity contribution >= 4 is 18.0 Å². The summed E-state index contributed by atoms with van der Waals surface area (Å²) in [5, 5.41) is 2.80. The van der Waals surface area contributed by atoms with Crippen LogP contribution in [0.3, 0.4) is 0 Å². The minimum Gasteiger partial charge on any atom is -0.462 e. The van der Waals surface area contributed by atoms with Gasteiger partial charge in [-0.05, 0) is 70.6 Å². The molecule has 0 saturated carbocycles. The molecule has 54 heavy (non-hydrogen) atoms. The molecule has 1 atom stereocenters. The Morgan fingerprint density at radius 1 is 0.500 bits per heavy atom. The van der Waals surface area contributed by atoms with Crippen molar-refractivity contribution in [2.45, 2.75) is 232 Å². The van der Waals surface area contributed by atoms with Gasteiger partial charge in [-0.3, -0.25) is 9.59 Å². The smallest absolute Gasteiger partial charge is 0.407 e. The second-order valence-electron chi connectivity index (χ2n) is 15.3. The molecule has 0 spiro atoms. The van der Waals surface area contributed by atoms with Crippen LogP contribution in [-0.2, 0) is 23.8 Å². The van der Waals surface area contributed by atoms with Crippen molar-refractivity contribution in [2.24, 2.45) is 5.73 Å². The van der Waals surface area contributed by atoms with Gasteiger partial charge in [-0.1, -0.05) is 161 Å². The van der Waals surface area contributed by atoms with Crippen molar-refractivity contribution in [3.8, 4) is 0 Å². The van der Waals surface area contributed by atoms with Gasteiger partial charge in [0.15, 0.2) is 6.10 Å². The van der Waals surface area contributed by atoms with Crippen LogP contribution in [0.2, 0.25) is 0 Å². The number of carbonyl (C=O) groups is 3. The van der Waals surface area contributed by atoms with Crippen molar-refractivity contribution in [3.05, 3.63) is 24.3 Å². The van der Waals surface area contributed by atoms with Crippen molar-refractivity contribution < 1.29 is 28.6 Å². The lowest BCUT2D eigenvalue weighted by Gasteiger charge is -2.21. The quantitative estimate of drug-likeness (QED) is 0.0276. The molecule has 0 radical (unpaired) electrons. The van der Waals surface area contributed by atoms with E-state index in [1.54, 1.807) is 0 Å². The number of hydrogen-bond donors (Lipinski definition) is 2. The molecule has 0 rings (SSSR count). The number of nitrogens with one attached hydrogen (secondary N) is 1. The number of unbranched alkanes of at least 4 members (excludes halogenated alkanes) is 23. The molecular weight excluding hydrogens is 677 g/mol. The van der Waals surface area contributed by atoms with Crippen LogP contribution >= 0.6 is 0 Å². The predicted octanol–water partition coefficient (Wildman–Crippen LogP) is 12.8. The summed E-state index contributed by atoms with van der Waals surface area (Å²) in [4.78, 5) is 37.7. The van der Waals surface area contributed by atoms with Gasteiger partial charge < -0.3 is 25.3 Å². The summed E-state index contributed by atoms with van der Waals surface area (Å²) in [6.45, 7) is 6.59. The number of allylic oxidation sites excluding steroid dienone is 4. The summed E-state index contributed by atoms with van der Waals surface area (Å²) >= 11 is 0. The van der Waals surface area contributed by atoms with E-state index in [1.165, 1.54) is 103 Å². The van der Waals surface area contributed by atoms with Gasteiger partial charge in [0, 0.05) is 25.4 Å². The van der Waals surface area contributed by atoms with E-state index in [0.29, 0.717) is 19.4 Å². The number of rotatable bonds is 40. The molecule has 316 valence electrons. The number of alkyl carbamates (subject to hydrolysis) is 1. The van der Waals surface area contributed by atoms with Gasteiger partial charge in [-0.2, -0.15) is 0 Å². The fourth-order valence-electron chi connectivity index (χ4n) is 6.36. The van der Waals surface area contributed by atoms with E-state index in [4.69, 9.17) is 19.9 Å². The first kappa shape index (κ1) is 51.6. The first-order valence-corrected chi connectivity index (χ1v) is 22.7. The molecule has 8 heteroatoms. The largest absolute Gasteiger partial charge is 0.462 e. The Morgan fingerprint density at radius 3 is 1.22 bits per heavy atom. The molecule has 0 fully saturated rings. The molecule has 0 saturated heterocycles. The summed E-state index contributed by atoms with van der Waals surface area (Å²) in [7, 11) is 0. The van der Waals surface area contributed by atoms with Crippen LogP contribution < -0.4 is 11.1 Å². The SMILES string of the molecule is CCCCCCCC/C=C\CCCCCCCC(=O)OCC(COC(=O)CCCCCCC/C=C\CCCCCCCC)OC(=O)NC(CN)CCCC. The monoisotopic (exact) mass is 763 g/mol. The molecule has 0 bridgehead atoms. The lowest BCUT2D eigenvalue weighted by atomic mass is 10.1. The molecule has 0 heterocycles. The zero-order chi connectivity index (χ0) is 39.6. The Bertz CT molecular complexity index is 852. The highest BCUT2D eigenvalue weighted by Crippen LogP contribution is 2.13. The van der Waals surface area contributed by atoms with E-state index in [9.17, 15) is 14.4 Å². The van der Waals surface area contributed by atoms with E-state index in [1.807, 2.05) is 0 Å². The Labute approximate surface area is 332 Å². The summed E-state index contributed by atoms with van der Waals surface area (Å²) in [6, 6.07) is -0.203. The van der Waals surface area contributed by atoms with Crippen LogP contribution in [0, 0.1) is 0 Å². The van der Waals surface area contributed by atoms with Gasteiger partial charge >= 0.3 is 18.0 Å². The number of carbonyl (C=O) groups excluding carboxylic acids is 3. The number of nitrogens with two attached hydrogens (primary N) is 1. The summed E-state index contributed by atoms with van der Waals surface area (Å²) in [6.07, 6.45) is 42.2. The van der Waals surface area contributed by atoms with Gasteiger partial charge in [0.25, 0.3) is 0 Å². The Morgan fingerprint density at radius 2 is 0.852 bits per heavy atom. The summed E-state index contributed by atoms with van der Waals surface area (Å²) in [5.41, 5.74) is 5.83. The molecule has 0 aromatic carbocycles. The van der Waals surface area contributed by atoms with E-state index in [2.05, 4.69) is 50.4 Å². The van der Waals surface area contributed by atoms with Gasteiger partial charge in [0.05, 0.1) is 0 Å². The number of esters is 2. The van der Waals surface area contributed by atoms with Crippen LogP contribution in [0.15, 0.2) is 24.3 Å². The van der Waals surface area contributed by atoms with E-state index >= 15 is 0 Å². The third-order valence-electron chi connectivity index (χ3n) is 9.93. The van der Waals surface area contributed by atoms with Crippen molar-refractivity contribution in [1.82, 2.24) is 5.32 Å². The van der Waals surface area contributed by atoms with E-state index in [0.717, 1.165) is 83.5 Å². The highest BCUT2D eigenvalue weighted by molar-refractivity contribution is 5.70. The molecule has 0 aromatic rings. The Hall–Kier alpha value is -2.35. The van der Waals surface area contributed by atoms with Crippen LogP contribution in [-0.4, -0.2) is 49.9 Å². The Balaban J connectivity index is 4.31. The molecule has 1 unspecified atom stereocenters. The molecule has 0 aliphatic carbocycles. The molecular formula is C46H86N2O6. The zero-order valence-electron chi connectivity index (χ0n) is 35.5. The van der Waals surface area contributed by atoms with Crippen LogP contribution in [0.1, 0.15) is 220 Å². The van der Waals surface area contributed by atoms with Crippen molar-refractivity contribution in [2.75, 3.05) is 19.8 Å². The van der Waals surface area contributed by atoms with Gasteiger partial charge in [0.2, 0.25) is 0 Å². The van der Waals surface area contributed by atoms with Crippen molar-refractivity contribution in [1.29, 1.82) is 0 Å². The maximum absolute atomic E-state index is 12.7. The van der Waals surface area contributed by atoms with E-state index in [-0.39, 0.29) is 31.2 Å². The molecule has 1 amide bonds. The topological polar surface area (TPSA) is 117 Å². The lowest BCUT2D eigenvalue weighted by Crippen LogP contribution is -2.43. The number of amides is 1. The van der Waals surface area contributed by atoms with Crippen LogP contribution in [0.25, 0.3) is 0 Å². The van der Waals surface area contributed by atoms with Crippen LogP contribution in [0.4, 0.5) is 4.79 Å². The van der Waals surface area contributed by atoms with Crippen molar-refractivity contribution in [3.63, 3.8) is 0 Å². The highest BCUT2D eigenvalue weighted by atomic mass is 16.6. The maximum atomic E-state index is 12.7. The molecule has 3 N–H and O–H groups in total. The molecule has 0 aliphatic rings. The number of hydrogen-bond acceptors (Lipinski definition) is 7. The third kappa shape index (κ3) is 37.9. The standard InChI is InChI=1S/C46H86N2O6/c1-4-7-10-12-14-16-18-20-22-24-26-28-30-32-34-37-44(49)52-40-43(54-46(51)48-42(39-47)36-9-6-3)41-53-45(50)38-35-33-31-29-27-25-23-21-19-17-15-13-11-8-5-2/h20-23,42-43H,4-19,24-41,47H2,1-3H3,(H,48,51)/b22-20-,23-21-. The first-order valence-electron chi connectivity index (χ1n) is 22.7. The third-order valence-corrected chi connectivity index (χ3v) is 9.93. The summed E-state index contributed by atoms with van der Waals surface area (Å²) in [5.74, 6) is -0.659. The lowest BCUT2D eigenvalue weighted by molar-refractivity contribution is -0.152. The van der Waals surface area contributed by atoms with Gasteiger partial charge in [0.1, 0.15) is 13.2 Å². The minimum absolute atomic E-state index is 0.153. The van der Waals surface area contributed by atoms with E-state index < -0.39 is 12.2 Å². The molecule has 0 aliphatic heterocycles. The fraction of sp³-hybridized carbons (Fsp3) is 0.848. The average Bonchev–Trinajstić information content (AvgIpc) is 3.17. The maximum Gasteiger partial charge on any atom is 0.407 e. The summed E-state index contributed by atoms with van der Waals surface area (Å²) < 4.78 is 16.5. The second-order valence-corrected chi connectivity index (χ2v) is 15.3. The predicted molar refractivity (Wildman–Crippen MR) is 227 cm³/mol. The van der Waals surface area contributed by atoms with Crippen LogP contribution in [0.5, 0.6) is 0 Å². The highest BCUT2D eigenvalue weighted by Gasteiger charge is 2.21. The van der Waals surface area contributed by atoms with Gasteiger partial charge in [-0.25, -0.2) is 4.79 Å². The minimum atomic E-state index is -0.884. The zero-order valence-corrected chi connectivity index (χ0v) is 35.5. The Kier molecular flexibility index (Phi) is 40.0. The molecule has 8 nitrogen and oxygen atoms in total.